The summed E-state index contributed by atoms with van der Waals surface area (Å²) >= 11 is 3.43. The molecule has 1 aliphatic rings. The van der Waals surface area contributed by atoms with E-state index in [2.05, 4.69) is 47.0 Å². The molecule has 226 valence electrons. The molecule has 1 aromatic heterocycles. The largest absolute Gasteiger partial charge is 0.392 e. The molecule has 0 saturated carbocycles. The second kappa shape index (κ2) is 14.4. The molecule has 3 N–H and O–H groups in total. The average Bonchev–Trinajstić information content (AvgIpc) is 3.50. The van der Waals surface area contributed by atoms with Crippen LogP contribution in [0.2, 0.25) is 0 Å². The molecule has 0 bridgehead atoms. The molecule has 5 aromatic rings. The van der Waals surface area contributed by atoms with Gasteiger partial charge in [-0.2, -0.15) is 0 Å². The highest BCUT2D eigenvalue weighted by Crippen LogP contribution is 2.40. The molecule has 1 saturated heterocycles. The van der Waals surface area contributed by atoms with Gasteiger partial charge in [0.1, 0.15) is 0 Å². The lowest BCUT2D eigenvalue weighted by atomic mass is 9.98. The fourth-order valence-electron chi connectivity index (χ4n) is 5.27. The first-order valence-corrected chi connectivity index (χ1v) is 16.6. The predicted molar refractivity (Wildman–Crippen MR) is 177 cm³/mol. The van der Waals surface area contributed by atoms with E-state index in [1.807, 2.05) is 67.6 Å². The molecular weight excluding hydrogens is 591 g/mol. The van der Waals surface area contributed by atoms with Gasteiger partial charge in [0, 0.05) is 30.8 Å². The summed E-state index contributed by atoms with van der Waals surface area (Å²) in [5, 5.41) is 15.2. The van der Waals surface area contributed by atoms with Gasteiger partial charge in [0.25, 0.3) is 0 Å². The normalized spacial score (nSPS) is 18.3. The quantitative estimate of drug-likeness (QED) is 0.138. The number of nitrogens with one attached hydrogen (secondary N) is 2. The molecule has 4 aromatic carbocycles. The van der Waals surface area contributed by atoms with E-state index in [9.17, 15) is 9.90 Å². The van der Waals surface area contributed by atoms with Crippen molar-refractivity contribution in [2.75, 3.05) is 12.3 Å². The number of carbonyl (C=O) groups is 1. The molecule has 1 aliphatic heterocycles. The Bertz CT molecular complexity index is 1660. The number of carbonyl (C=O) groups excluding carboxylic acids is 1. The van der Waals surface area contributed by atoms with Crippen molar-refractivity contribution in [1.82, 2.24) is 15.6 Å². The van der Waals surface area contributed by atoms with Crippen molar-refractivity contribution in [2.45, 2.75) is 49.3 Å². The number of amides is 2. The zero-order valence-corrected chi connectivity index (χ0v) is 26.1. The third-order valence-corrected chi connectivity index (χ3v) is 9.88. The number of para-hydroxylation sites is 1. The van der Waals surface area contributed by atoms with Crippen LogP contribution in [0.25, 0.3) is 21.3 Å². The first-order chi connectivity index (χ1) is 21.6. The van der Waals surface area contributed by atoms with Crippen molar-refractivity contribution in [3.8, 4) is 11.1 Å². The van der Waals surface area contributed by atoms with Crippen molar-refractivity contribution in [2.24, 2.45) is 0 Å². The number of aliphatic hydroxyl groups is 1. The lowest BCUT2D eigenvalue weighted by Crippen LogP contribution is -2.34. The molecule has 44 heavy (non-hydrogen) atoms. The third-order valence-electron chi connectivity index (χ3n) is 7.57. The number of thioether (sulfide) groups is 1. The Morgan fingerprint density at radius 1 is 0.932 bits per heavy atom. The van der Waals surface area contributed by atoms with E-state index in [-0.39, 0.29) is 24.8 Å². The summed E-state index contributed by atoms with van der Waals surface area (Å²) in [6.07, 6.45) is -0.00937. The summed E-state index contributed by atoms with van der Waals surface area (Å²) in [6, 6.07) is 32.4. The molecule has 0 unspecified atom stereocenters. The molecular formula is C35H35N3O4S2. The summed E-state index contributed by atoms with van der Waals surface area (Å²) in [7, 11) is 0. The minimum Gasteiger partial charge on any atom is -0.392 e. The van der Waals surface area contributed by atoms with Crippen LogP contribution >= 0.6 is 23.1 Å². The van der Waals surface area contributed by atoms with Crippen LogP contribution < -0.4 is 10.6 Å². The van der Waals surface area contributed by atoms with Crippen LogP contribution in [0.3, 0.4) is 0 Å². The summed E-state index contributed by atoms with van der Waals surface area (Å²) in [4.78, 5) is 16.8. The van der Waals surface area contributed by atoms with Crippen molar-refractivity contribution >= 4 is 39.3 Å². The number of aliphatic hydroxyl groups excluding tert-OH is 1. The minimum absolute atomic E-state index is 0.0104. The van der Waals surface area contributed by atoms with Gasteiger partial charge >= 0.3 is 6.03 Å². The number of ether oxygens (including phenoxy) is 2. The number of urea groups is 1. The molecule has 2 amide bonds. The molecule has 2 heterocycles. The van der Waals surface area contributed by atoms with E-state index in [0.717, 1.165) is 55.4 Å². The summed E-state index contributed by atoms with van der Waals surface area (Å²) in [5.41, 5.74) is 7.06. The average molecular weight is 626 g/mol. The van der Waals surface area contributed by atoms with Gasteiger partial charge in [0.05, 0.1) is 29.0 Å². The van der Waals surface area contributed by atoms with Gasteiger partial charge in [-0.1, -0.05) is 96.7 Å². The number of nitrogens with zero attached hydrogens (tertiary/aromatic N) is 1. The summed E-state index contributed by atoms with van der Waals surface area (Å²) < 4.78 is 15.3. The van der Waals surface area contributed by atoms with E-state index in [1.54, 1.807) is 23.1 Å². The topological polar surface area (TPSA) is 92.7 Å². The van der Waals surface area contributed by atoms with Gasteiger partial charge in [-0.05, 0) is 46.9 Å². The van der Waals surface area contributed by atoms with Crippen LogP contribution in [-0.4, -0.2) is 34.5 Å². The van der Waals surface area contributed by atoms with E-state index >= 15 is 0 Å². The SMILES string of the molecule is CCNC(=O)NCc1ccccc1-c1ccc([C@@H]2O[C@H](CSc3nc4ccccc4s3)C[C@H](c3ccc(CO)cc3)O2)cc1. The predicted octanol–water partition coefficient (Wildman–Crippen LogP) is 7.61. The number of aromatic nitrogens is 1. The van der Waals surface area contributed by atoms with Crippen LogP contribution in [0.5, 0.6) is 0 Å². The highest BCUT2D eigenvalue weighted by molar-refractivity contribution is 8.01. The standard InChI is InChI=1S/C35H35N3O4S2/c1-2-36-34(40)37-20-27-7-3-4-8-29(27)24-15-17-26(18-16-24)33-41-28(19-31(42-33)25-13-11-23(21-39)12-14-25)22-43-35-38-30-9-5-6-10-32(30)44-35/h3-18,28,31,33,39H,2,19-22H2,1H3,(H2,36,37,40)/t28-,31+,33+/m0/s1. The second-order valence-corrected chi connectivity index (χ2v) is 12.9. The van der Waals surface area contributed by atoms with Crippen LogP contribution in [-0.2, 0) is 22.6 Å². The van der Waals surface area contributed by atoms with Gasteiger partial charge < -0.3 is 25.2 Å². The van der Waals surface area contributed by atoms with Crippen LogP contribution in [0.15, 0.2) is 101 Å². The van der Waals surface area contributed by atoms with E-state index < -0.39 is 6.29 Å². The van der Waals surface area contributed by atoms with Gasteiger partial charge in [-0.3, -0.25) is 0 Å². The van der Waals surface area contributed by atoms with Crippen molar-refractivity contribution in [1.29, 1.82) is 0 Å². The first kappa shape index (κ1) is 30.3. The van der Waals surface area contributed by atoms with Gasteiger partial charge in [0.2, 0.25) is 0 Å². The monoisotopic (exact) mass is 625 g/mol. The Kier molecular flexibility index (Phi) is 9.89. The number of benzene rings is 4. The molecule has 3 atom stereocenters. The number of thiazole rings is 1. The van der Waals surface area contributed by atoms with Gasteiger partial charge in [-0.15, -0.1) is 11.3 Å². The van der Waals surface area contributed by atoms with E-state index in [1.165, 1.54) is 4.70 Å². The van der Waals surface area contributed by atoms with Crippen LogP contribution in [0.1, 0.15) is 48.0 Å². The molecule has 9 heteroatoms. The number of fused-ring (bicyclic) bond motifs is 1. The molecule has 7 nitrogen and oxygen atoms in total. The van der Waals surface area contributed by atoms with Gasteiger partial charge in [-0.25, -0.2) is 9.78 Å². The lowest BCUT2D eigenvalue weighted by Gasteiger charge is -2.36. The maximum Gasteiger partial charge on any atom is 0.315 e. The first-order valence-electron chi connectivity index (χ1n) is 14.8. The number of hydrogen-bond acceptors (Lipinski definition) is 7. The lowest BCUT2D eigenvalue weighted by molar-refractivity contribution is -0.245. The Morgan fingerprint density at radius 3 is 2.45 bits per heavy atom. The smallest absolute Gasteiger partial charge is 0.315 e. The number of hydrogen-bond donors (Lipinski definition) is 3. The maximum atomic E-state index is 12.0. The van der Waals surface area contributed by atoms with Gasteiger partial charge in [0.15, 0.2) is 10.6 Å². The van der Waals surface area contributed by atoms with E-state index in [0.29, 0.717) is 13.1 Å². The fraction of sp³-hybridized carbons (Fsp3) is 0.257. The molecule has 0 radical (unpaired) electrons. The fourth-order valence-corrected chi connectivity index (χ4v) is 7.39. The third kappa shape index (κ3) is 7.31. The van der Waals surface area contributed by atoms with Crippen LogP contribution in [0.4, 0.5) is 4.79 Å². The Labute approximate surface area is 265 Å². The molecule has 0 spiro atoms. The summed E-state index contributed by atoms with van der Waals surface area (Å²) in [6.45, 7) is 2.92. The zero-order valence-electron chi connectivity index (χ0n) is 24.4. The molecule has 1 fully saturated rings. The zero-order chi connectivity index (χ0) is 30.3. The molecule has 6 rings (SSSR count). The van der Waals surface area contributed by atoms with Crippen molar-refractivity contribution in [3.63, 3.8) is 0 Å². The Morgan fingerprint density at radius 2 is 1.68 bits per heavy atom. The maximum absolute atomic E-state index is 12.0. The summed E-state index contributed by atoms with van der Waals surface area (Å²) in [5.74, 6) is 0.759. The van der Waals surface area contributed by atoms with Crippen molar-refractivity contribution < 1.29 is 19.4 Å². The number of rotatable bonds is 10. The Balaban J connectivity index is 1.20. The molecule has 0 aliphatic carbocycles. The highest BCUT2D eigenvalue weighted by atomic mass is 32.2. The Hall–Kier alpha value is -3.73. The second-order valence-electron chi connectivity index (χ2n) is 10.6. The minimum atomic E-state index is -0.532. The van der Waals surface area contributed by atoms with E-state index in [4.69, 9.17) is 14.5 Å². The van der Waals surface area contributed by atoms with Crippen molar-refractivity contribution in [3.05, 3.63) is 119 Å². The van der Waals surface area contributed by atoms with Crippen LogP contribution in [0, 0.1) is 0 Å². The highest BCUT2D eigenvalue weighted by Gasteiger charge is 2.32.